The molecule has 0 unspecified atom stereocenters. The molecule has 0 bridgehead atoms. The van der Waals surface area contributed by atoms with E-state index in [1.807, 2.05) is 13.8 Å². The SMILES string of the molecule is CC(C)CC(=O)Nc1ccc(C(=O)COC(=O)c2ccc(S(C)(=O)=O)cc2)cc1. The average Bonchev–Trinajstić information content (AvgIpc) is 2.65. The molecule has 0 aromatic heterocycles. The van der Waals surface area contributed by atoms with E-state index in [0.717, 1.165) is 6.26 Å². The second kappa shape index (κ2) is 9.47. The van der Waals surface area contributed by atoms with Crippen LogP contribution in [-0.2, 0) is 19.4 Å². The molecule has 0 heterocycles. The summed E-state index contributed by atoms with van der Waals surface area (Å²) in [4.78, 5) is 36.1. The molecular formula is C21H23NO6S. The van der Waals surface area contributed by atoms with Crippen molar-refractivity contribution in [3.05, 3.63) is 59.7 Å². The van der Waals surface area contributed by atoms with Gasteiger partial charge in [0.2, 0.25) is 5.91 Å². The maximum absolute atomic E-state index is 12.2. The molecular weight excluding hydrogens is 394 g/mol. The molecule has 0 saturated heterocycles. The van der Waals surface area contributed by atoms with Crippen molar-refractivity contribution >= 4 is 33.2 Å². The molecule has 8 heteroatoms. The summed E-state index contributed by atoms with van der Waals surface area (Å²) in [5.41, 5.74) is 1.07. The molecule has 2 rings (SSSR count). The van der Waals surface area contributed by atoms with Crippen molar-refractivity contribution in [1.82, 2.24) is 0 Å². The Labute approximate surface area is 170 Å². The summed E-state index contributed by atoms with van der Waals surface area (Å²) in [6, 6.07) is 11.6. The van der Waals surface area contributed by atoms with Crippen LogP contribution >= 0.6 is 0 Å². The fourth-order valence-electron chi connectivity index (χ4n) is 2.46. The van der Waals surface area contributed by atoms with Crippen LogP contribution in [-0.4, -0.2) is 38.9 Å². The first-order valence-electron chi connectivity index (χ1n) is 8.96. The highest BCUT2D eigenvalue weighted by Gasteiger charge is 2.14. The van der Waals surface area contributed by atoms with E-state index in [1.54, 1.807) is 24.3 Å². The van der Waals surface area contributed by atoms with Crippen LogP contribution in [0.4, 0.5) is 5.69 Å². The number of anilines is 1. The molecule has 29 heavy (non-hydrogen) atoms. The van der Waals surface area contributed by atoms with Gasteiger partial charge in [-0.1, -0.05) is 13.8 Å². The Morgan fingerprint density at radius 3 is 2.00 bits per heavy atom. The topological polar surface area (TPSA) is 107 Å². The predicted octanol–water partition coefficient (Wildman–Crippen LogP) is 3.11. The van der Waals surface area contributed by atoms with Crippen molar-refractivity contribution in [2.45, 2.75) is 25.2 Å². The van der Waals surface area contributed by atoms with Crippen LogP contribution in [0.3, 0.4) is 0 Å². The van der Waals surface area contributed by atoms with Gasteiger partial charge in [-0.3, -0.25) is 9.59 Å². The van der Waals surface area contributed by atoms with Crippen molar-refractivity contribution in [3.63, 3.8) is 0 Å². The quantitative estimate of drug-likeness (QED) is 0.522. The Hall–Kier alpha value is -3.00. The molecule has 154 valence electrons. The van der Waals surface area contributed by atoms with Gasteiger partial charge in [-0.05, 0) is 54.4 Å². The van der Waals surface area contributed by atoms with E-state index < -0.39 is 28.2 Å². The highest BCUT2D eigenvalue weighted by atomic mass is 32.2. The molecule has 0 aliphatic carbocycles. The predicted molar refractivity (Wildman–Crippen MR) is 109 cm³/mol. The zero-order valence-corrected chi connectivity index (χ0v) is 17.3. The van der Waals surface area contributed by atoms with E-state index in [9.17, 15) is 22.8 Å². The first-order chi connectivity index (χ1) is 13.6. The van der Waals surface area contributed by atoms with Gasteiger partial charge in [-0.25, -0.2) is 13.2 Å². The summed E-state index contributed by atoms with van der Waals surface area (Å²) in [6.07, 6.45) is 1.47. The highest BCUT2D eigenvalue weighted by molar-refractivity contribution is 7.90. The number of benzene rings is 2. The normalized spacial score (nSPS) is 11.2. The van der Waals surface area contributed by atoms with Crippen LogP contribution in [0, 0.1) is 5.92 Å². The number of sulfone groups is 1. The number of ketones is 1. The van der Waals surface area contributed by atoms with Gasteiger partial charge in [0.25, 0.3) is 0 Å². The third-order valence-electron chi connectivity index (χ3n) is 3.94. The first-order valence-corrected chi connectivity index (χ1v) is 10.9. The van der Waals surface area contributed by atoms with E-state index in [4.69, 9.17) is 4.74 Å². The second-order valence-electron chi connectivity index (χ2n) is 7.02. The van der Waals surface area contributed by atoms with Gasteiger partial charge in [0.1, 0.15) is 0 Å². The van der Waals surface area contributed by atoms with Gasteiger partial charge >= 0.3 is 5.97 Å². The molecule has 1 N–H and O–H groups in total. The van der Waals surface area contributed by atoms with E-state index in [2.05, 4.69) is 5.32 Å². The Morgan fingerprint density at radius 2 is 1.48 bits per heavy atom. The van der Waals surface area contributed by atoms with Crippen LogP contribution in [0.15, 0.2) is 53.4 Å². The lowest BCUT2D eigenvalue weighted by molar-refractivity contribution is -0.116. The maximum Gasteiger partial charge on any atom is 0.338 e. The molecule has 0 spiro atoms. The zero-order valence-electron chi connectivity index (χ0n) is 16.5. The van der Waals surface area contributed by atoms with Gasteiger partial charge in [0, 0.05) is 23.9 Å². The molecule has 2 aromatic rings. The molecule has 0 radical (unpaired) electrons. The number of carbonyl (C=O) groups excluding carboxylic acids is 3. The minimum Gasteiger partial charge on any atom is -0.454 e. The van der Waals surface area contributed by atoms with E-state index in [1.165, 1.54) is 24.3 Å². The van der Waals surface area contributed by atoms with Crippen LogP contribution in [0.5, 0.6) is 0 Å². The first kappa shape index (κ1) is 22.3. The fraction of sp³-hybridized carbons (Fsp3) is 0.286. The number of hydrogen-bond donors (Lipinski definition) is 1. The van der Waals surface area contributed by atoms with Gasteiger partial charge in [-0.2, -0.15) is 0 Å². The number of esters is 1. The third kappa shape index (κ3) is 6.83. The van der Waals surface area contributed by atoms with Gasteiger partial charge in [0.05, 0.1) is 10.5 Å². The summed E-state index contributed by atoms with van der Waals surface area (Å²) in [5.74, 6) is -0.981. The summed E-state index contributed by atoms with van der Waals surface area (Å²) in [5, 5.41) is 2.75. The number of nitrogens with one attached hydrogen (secondary N) is 1. The average molecular weight is 417 g/mol. The van der Waals surface area contributed by atoms with Crippen LogP contribution in [0.25, 0.3) is 0 Å². The lowest BCUT2D eigenvalue weighted by Gasteiger charge is -2.08. The van der Waals surface area contributed by atoms with Crippen molar-refractivity contribution in [1.29, 1.82) is 0 Å². The maximum atomic E-state index is 12.2. The molecule has 0 fully saturated rings. The Kier molecular flexibility index (Phi) is 7.28. The molecule has 0 saturated carbocycles. The van der Waals surface area contributed by atoms with Crippen molar-refractivity contribution < 1.29 is 27.5 Å². The van der Waals surface area contributed by atoms with Crippen molar-refractivity contribution in [3.8, 4) is 0 Å². The summed E-state index contributed by atoms with van der Waals surface area (Å²) in [6.45, 7) is 3.44. The van der Waals surface area contributed by atoms with Crippen molar-refractivity contribution in [2.75, 3.05) is 18.2 Å². The second-order valence-corrected chi connectivity index (χ2v) is 9.04. The van der Waals surface area contributed by atoms with E-state index >= 15 is 0 Å². The van der Waals surface area contributed by atoms with Gasteiger partial charge < -0.3 is 10.1 Å². The van der Waals surface area contributed by atoms with Gasteiger partial charge in [-0.15, -0.1) is 0 Å². The largest absolute Gasteiger partial charge is 0.454 e. The molecule has 2 aromatic carbocycles. The molecule has 7 nitrogen and oxygen atoms in total. The summed E-state index contributed by atoms with van der Waals surface area (Å²) in [7, 11) is -3.36. The molecule has 0 aliphatic rings. The van der Waals surface area contributed by atoms with E-state index in [0.29, 0.717) is 17.7 Å². The third-order valence-corrected chi connectivity index (χ3v) is 5.07. The Morgan fingerprint density at radius 1 is 0.931 bits per heavy atom. The number of rotatable bonds is 8. The number of Topliss-reactive ketones (excluding diaryl/α,β-unsaturated/α-hetero) is 1. The smallest absolute Gasteiger partial charge is 0.338 e. The zero-order chi connectivity index (χ0) is 21.6. The van der Waals surface area contributed by atoms with Gasteiger partial charge in [0.15, 0.2) is 22.2 Å². The summed E-state index contributed by atoms with van der Waals surface area (Å²) < 4.78 is 27.9. The standard InChI is InChI=1S/C21H23NO6S/c1-14(2)12-20(24)22-17-8-4-15(5-9-17)19(23)13-28-21(25)16-6-10-18(11-7-16)29(3,26)27/h4-11,14H,12-13H2,1-3H3,(H,22,24). The van der Waals surface area contributed by atoms with Crippen molar-refractivity contribution in [2.24, 2.45) is 5.92 Å². The minimum absolute atomic E-state index is 0.0886. The lowest BCUT2D eigenvalue weighted by Crippen LogP contribution is -2.15. The number of amides is 1. The lowest BCUT2D eigenvalue weighted by atomic mass is 10.1. The van der Waals surface area contributed by atoms with E-state index in [-0.39, 0.29) is 22.3 Å². The van der Waals surface area contributed by atoms with Crippen LogP contribution < -0.4 is 5.32 Å². The fourth-order valence-corrected chi connectivity index (χ4v) is 3.09. The number of ether oxygens (including phenoxy) is 1. The number of hydrogen-bond acceptors (Lipinski definition) is 6. The summed E-state index contributed by atoms with van der Waals surface area (Å²) >= 11 is 0. The number of carbonyl (C=O) groups is 3. The monoisotopic (exact) mass is 417 g/mol. The minimum atomic E-state index is -3.36. The Balaban J connectivity index is 1.91. The molecule has 0 aliphatic heterocycles. The highest BCUT2D eigenvalue weighted by Crippen LogP contribution is 2.13. The molecule has 1 amide bonds. The van der Waals surface area contributed by atoms with Crippen LogP contribution in [0.2, 0.25) is 0 Å². The molecule has 0 atom stereocenters. The van der Waals surface area contributed by atoms with Crippen LogP contribution in [0.1, 0.15) is 41.0 Å². The Bertz CT molecular complexity index is 992.